The Morgan fingerprint density at radius 1 is 1.00 bits per heavy atom. The van der Waals surface area contributed by atoms with Crippen LogP contribution in [0.5, 0.6) is 0 Å². The van der Waals surface area contributed by atoms with Crippen molar-refractivity contribution >= 4 is 56.7 Å². The third-order valence-corrected chi connectivity index (χ3v) is 4.33. The first-order valence-corrected chi connectivity index (χ1v) is 6.43. The molecule has 0 bridgehead atoms. The molecule has 0 saturated heterocycles. The normalized spacial score (nSPS) is 11.2. The van der Waals surface area contributed by atoms with Crippen LogP contribution in [0.25, 0.3) is 20.2 Å². The van der Waals surface area contributed by atoms with Gasteiger partial charge in [-0.2, -0.15) is 0 Å². The molecule has 0 saturated carbocycles. The molecule has 0 unspecified atom stereocenters. The average Bonchev–Trinajstić information content (AvgIpc) is 2.64. The lowest BCUT2D eigenvalue weighted by Gasteiger charge is -2.03. The van der Waals surface area contributed by atoms with Crippen LogP contribution in [0.15, 0.2) is 41.3 Å². The summed E-state index contributed by atoms with van der Waals surface area (Å²) in [6.45, 7) is 0. The predicted octanol–water partition coefficient (Wildman–Crippen LogP) is 2.02. The molecule has 1 aromatic heterocycles. The molecule has 0 spiro atoms. The number of thiol groups is 1. The molecule has 1 heterocycles. The van der Waals surface area contributed by atoms with Crippen molar-refractivity contribution in [1.82, 2.24) is 0 Å². The van der Waals surface area contributed by atoms with Gasteiger partial charge in [0.25, 0.3) is 0 Å². The second-order valence-corrected chi connectivity index (χ2v) is 5.44. The van der Waals surface area contributed by atoms with Gasteiger partial charge < -0.3 is 10.0 Å². The van der Waals surface area contributed by atoms with Gasteiger partial charge in [-0.05, 0) is 17.6 Å². The van der Waals surface area contributed by atoms with E-state index in [9.17, 15) is 10.0 Å². The van der Waals surface area contributed by atoms with Gasteiger partial charge in [0.1, 0.15) is 0 Å². The van der Waals surface area contributed by atoms with Crippen LogP contribution in [0.1, 0.15) is 0 Å². The van der Waals surface area contributed by atoms with Crippen molar-refractivity contribution in [3.8, 4) is 0 Å². The summed E-state index contributed by atoms with van der Waals surface area (Å²) in [7, 11) is -1.48. The summed E-state index contributed by atoms with van der Waals surface area (Å²) in [6, 6.07) is 11.8. The summed E-state index contributed by atoms with van der Waals surface area (Å²) in [6.07, 6.45) is 0. The molecule has 0 aliphatic heterocycles. The summed E-state index contributed by atoms with van der Waals surface area (Å²) in [5.74, 6) is 0. The first kappa shape index (κ1) is 11.1. The van der Waals surface area contributed by atoms with E-state index in [4.69, 9.17) is 0 Å². The summed E-state index contributed by atoms with van der Waals surface area (Å²) in [4.78, 5) is 0.610. The molecule has 2 aromatic carbocycles. The first-order chi connectivity index (χ1) is 8.16. The predicted molar refractivity (Wildman–Crippen MR) is 76.4 cm³/mol. The monoisotopic (exact) mass is 260 g/mol. The van der Waals surface area contributed by atoms with E-state index < -0.39 is 7.12 Å². The van der Waals surface area contributed by atoms with E-state index in [2.05, 4.69) is 18.7 Å². The van der Waals surface area contributed by atoms with Crippen molar-refractivity contribution in [3.05, 3.63) is 36.4 Å². The molecule has 0 fully saturated rings. The van der Waals surface area contributed by atoms with Crippen LogP contribution in [-0.4, -0.2) is 17.2 Å². The highest BCUT2D eigenvalue weighted by molar-refractivity contribution is 7.80. The van der Waals surface area contributed by atoms with Gasteiger partial charge >= 0.3 is 7.12 Å². The minimum atomic E-state index is -1.48. The van der Waals surface area contributed by atoms with Crippen molar-refractivity contribution in [2.45, 2.75) is 4.90 Å². The van der Waals surface area contributed by atoms with Gasteiger partial charge in [-0.1, -0.05) is 24.3 Å². The Kier molecular flexibility index (Phi) is 2.63. The van der Waals surface area contributed by atoms with Crippen molar-refractivity contribution in [3.63, 3.8) is 0 Å². The molecule has 2 N–H and O–H groups in total. The van der Waals surface area contributed by atoms with E-state index in [1.165, 1.54) is 4.70 Å². The molecule has 0 radical (unpaired) electrons. The lowest BCUT2D eigenvalue weighted by molar-refractivity contribution is 0.425. The lowest BCUT2D eigenvalue weighted by atomic mass is 9.79. The van der Waals surface area contributed by atoms with Gasteiger partial charge in [-0.3, -0.25) is 0 Å². The standard InChI is InChI=1S/C12H9BO2S2/c14-13(15)9-5-8-7-3-1-2-4-11(7)17-12(8)6-10(9)16/h1-6,14-16H. The van der Waals surface area contributed by atoms with E-state index in [0.29, 0.717) is 10.4 Å². The zero-order valence-electron chi connectivity index (χ0n) is 8.79. The highest BCUT2D eigenvalue weighted by Crippen LogP contribution is 2.34. The molecule has 2 nitrogen and oxygen atoms in total. The van der Waals surface area contributed by atoms with Gasteiger partial charge in [0.05, 0.1) is 0 Å². The van der Waals surface area contributed by atoms with Gasteiger partial charge in [0, 0.05) is 25.1 Å². The minimum absolute atomic E-state index is 0.449. The number of fused-ring (bicyclic) bond motifs is 3. The highest BCUT2D eigenvalue weighted by Gasteiger charge is 2.17. The quantitative estimate of drug-likeness (QED) is 0.463. The zero-order valence-corrected chi connectivity index (χ0v) is 10.5. The second-order valence-electron chi connectivity index (χ2n) is 3.88. The van der Waals surface area contributed by atoms with Crippen LogP contribution in [-0.2, 0) is 0 Å². The van der Waals surface area contributed by atoms with Crippen LogP contribution in [0.2, 0.25) is 0 Å². The van der Waals surface area contributed by atoms with Crippen LogP contribution in [0.3, 0.4) is 0 Å². The number of hydrogen-bond donors (Lipinski definition) is 3. The maximum absolute atomic E-state index is 9.28. The molecule has 0 aliphatic rings. The summed E-state index contributed by atoms with van der Waals surface area (Å²) in [5.41, 5.74) is 0.449. The SMILES string of the molecule is OB(O)c1cc2c(cc1S)sc1ccccc12. The van der Waals surface area contributed by atoms with E-state index in [1.807, 2.05) is 24.3 Å². The number of benzene rings is 2. The molecular formula is C12H9BO2S2. The Bertz CT molecular complexity index is 706. The average molecular weight is 260 g/mol. The van der Waals surface area contributed by atoms with E-state index in [-0.39, 0.29) is 0 Å². The van der Waals surface area contributed by atoms with E-state index in [1.54, 1.807) is 17.4 Å². The molecular weight excluding hydrogens is 251 g/mol. The fraction of sp³-hybridized carbons (Fsp3) is 0. The maximum atomic E-state index is 9.28. The van der Waals surface area contributed by atoms with E-state index >= 15 is 0 Å². The molecule has 3 aromatic rings. The fourth-order valence-electron chi connectivity index (χ4n) is 1.98. The first-order valence-electron chi connectivity index (χ1n) is 5.17. The van der Waals surface area contributed by atoms with Gasteiger partial charge in [-0.25, -0.2) is 0 Å². The van der Waals surface area contributed by atoms with Crippen LogP contribution >= 0.6 is 24.0 Å². The third kappa shape index (κ3) is 1.75. The summed E-state index contributed by atoms with van der Waals surface area (Å²) in [5, 5.41) is 20.8. The van der Waals surface area contributed by atoms with Gasteiger partial charge in [0.15, 0.2) is 0 Å². The Hall–Kier alpha value is -1.01. The molecule has 0 atom stereocenters. The number of thiophene rings is 1. The lowest BCUT2D eigenvalue weighted by Crippen LogP contribution is -2.30. The van der Waals surface area contributed by atoms with Crippen LogP contribution < -0.4 is 5.46 Å². The Balaban J connectivity index is 2.43. The summed E-state index contributed by atoms with van der Waals surface area (Å²) >= 11 is 5.97. The van der Waals surface area contributed by atoms with Gasteiger partial charge in [-0.15, -0.1) is 24.0 Å². The van der Waals surface area contributed by atoms with Gasteiger partial charge in [0.2, 0.25) is 0 Å². The second kappa shape index (κ2) is 4.03. The van der Waals surface area contributed by atoms with E-state index in [0.717, 1.165) is 15.5 Å². The number of hydrogen-bond acceptors (Lipinski definition) is 4. The highest BCUT2D eigenvalue weighted by atomic mass is 32.1. The largest absolute Gasteiger partial charge is 0.489 e. The smallest absolute Gasteiger partial charge is 0.423 e. The van der Waals surface area contributed by atoms with Crippen molar-refractivity contribution in [2.24, 2.45) is 0 Å². The Labute approximate surface area is 108 Å². The number of rotatable bonds is 1. The molecule has 0 aliphatic carbocycles. The third-order valence-electron chi connectivity index (χ3n) is 2.80. The summed E-state index contributed by atoms with van der Waals surface area (Å²) < 4.78 is 2.31. The molecule has 17 heavy (non-hydrogen) atoms. The fourth-order valence-corrected chi connectivity index (χ4v) is 3.51. The van der Waals surface area contributed by atoms with Crippen LogP contribution in [0, 0.1) is 0 Å². The maximum Gasteiger partial charge on any atom is 0.489 e. The molecule has 3 rings (SSSR count). The minimum Gasteiger partial charge on any atom is -0.423 e. The van der Waals surface area contributed by atoms with Crippen LogP contribution in [0.4, 0.5) is 0 Å². The van der Waals surface area contributed by atoms with Crippen molar-refractivity contribution < 1.29 is 10.0 Å². The molecule has 0 amide bonds. The topological polar surface area (TPSA) is 40.5 Å². The zero-order chi connectivity index (χ0) is 12.0. The Morgan fingerprint density at radius 3 is 2.53 bits per heavy atom. The van der Waals surface area contributed by atoms with Crippen molar-refractivity contribution in [2.75, 3.05) is 0 Å². The molecule has 5 heteroatoms. The molecule has 84 valence electrons. The Morgan fingerprint density at radius 2 is 1.76 bits per heavy atom. The van der Waals surface area contributed by atoms with Crippen molar-refractivity contribution in [1.29, 1.82) is 0 Å².